The van der Waals surface area contributed by atoms with Gasteiger partial charge in [0.25, 0.3) is 0 Å². The second-order valence-electron chi connectivity index (χ2n) is 3.31. The van der Waals surface area contributed by atoms with Crippen LogP contribution in [0.2, 0.25) is 0 Å². The Bertz CT molecular complexity index is 217. The number of aliphatic hydroxyl groups is 1. The van der Waals surface area contributed by atoms with E-state index in [0.29, 0.717) is 13.0 Å². The third-order valence-corrected chi connectivity index (χ3v) is 2.15. The van der Waals surface area contributed by atoms with E-state index in [1.807, 2.05) is 6.92 Å². The summed E-state index contributed by atoms with van der Waals surface area (Å²) in [6, 6.07) is -0.901. The standard InChI is InChI=1S/C10H19NO4/c1-3-6-11(9(13)4-2)8(5-7-12)10(14)15/h8,12H,3-7H2,1-2H3,(H,14,15)/t8-/m0/s1. The topological polar surface area (TPSA) is 77.8 Å². The molecule has 0 aromatic carbocycles. The van der Waals surface area contributed by atoms with Gasteiger partial charge in [0.05, 0.1) is 0 Å². The Morgan fingerprint density at radius 1 is 1.33 bits per heavy atom. The molecule has 2 N–H and O–H groups in total. The van der Waals surface area contributed by atoms with Crippen molar-refractivity contribution in [3.05, 3.63) is 0 Å². The van der Waals surface area contributed by atoms with Crippen LogP contribution in [0.1, 0.15) is 33.1 Å². The highest BCUT2D eigenvalue weighted by molar-refractivity contribution is 5.83. The van der Waals surface area contributed by atoms with E-state index >= 15 is 0 Å². The van der Waals surface area contributed by atoms with E-state index in [4.69, 9.17) is 10.2 Å². The Morgan fingerprint density at radius 2 is 1.93 bits per heavy atom. The molecule has 1 amide bonds. The number of hydrogen-bond acceptors (Lipinski definition) is 3. The summed E-state index contributed by atoms with van der Waals surface area (Å²) in [5.74, 6) is -1.24. The summed E-state index contributed by atoms with van der Waals surface area (Å²) in [5.41, 5.74) is 0. The molecule has 88 valence electrons. The van der Waals surface area contributed by atoms with Gasteiger partial charge in [-0.15, -0.1) is 0 Å². The molecule has 5 nitrogen and oxygen atoms in total. The van der Waals surface area contributed by atoms with E-state index in [0.717, 1.165) is 0 Å². The highest BCUT2D eigenvalue weighted by Crippen LogP contribution is 2.08. The Labute approximate surface area is 89.7 Å². The minimum atomic E-state index is -1.06. The largest absolute Gasteiger partial charge is 0.480 e. The van der Waals surface area contributed by atoms with Crippen molar-refractivity contribution in [3.8, 4) is 0 Å². The average molecular weight is 217 g/mol. The van der Waals surface area contributed by atoms with Crippen molar-refractivity contribution in [2.24, 2.45) is 0 Å². The van der Waals surface area contributed by atoms with Gasteiger partial charge in [-0.1, -0.05) is 13.8 Å². The van der Waals surface area contributed by atoms with Crippen LogP contribution in [0.3, 0.4) is 0 Å². The van der Waals surface area contributed by atoms with Gasteiger partial charge >= 0.3 is 5.97 Å². The summed E-state index contributed by atoms with van der Waals surface area (Å²) in [6.07, 6.45) is 1.08. The van der Waals surface area contributed by atoms with E-state index in [1.54, 1.807) is 6.92 Å². The molecule has 0 aliphatic heterocycles. The van der Waals surface area contributed by atoms with Gasteiger partial charge < -0.3 is 15.1 Å². The lowest BCUT2D eigenvalue weighted by molar-refractivity contribution is -0.150. The van der Waals surface area contributed by atoms with E-state index in [9.17, 15) is 9.59 Å². The molecular formula is C10H19NO4. The fourth-order valence-electron chi connectivity index (χ4n) is 1.43. The molecule has 5 heteroatoms. The lowest BCUT2D eigenvalue weighted by atomic mass is 10.1. The molecule has 0 radical (unpaired) electrons. The summed E-state index contributed by atoms with van der Waals surface area (Å²) >= 11 is 0. The van der Waals surface area contributed by atoms with Crippen molar-refractivity contribution >= 4 is 11.9 Å². The first-order chi connectivity index (χ1) is 7.08. The number of carboxylic acids is 1. The molecule has 0 aliphatic carbocycles. The van der Waals surface area contributed by atoms with Crippen LogP contribution in [-0.2, 0) is 9.59 Å². The highest BCUT2D eigenvalue weighted by atomic mass is 16.4. The molecule has 1 atom stereocenters. The summed E-state index contributed by atoms with van der Waals surface area (Å²) in [7, 11) is 0. The van der Waals surface area contributed by atoms with Crippen LogP contribution >= 0.6 is 0 Å². The molecule has 0 aliphatic rings. The third-order valence-electron chi connectivity index (χ3n) is 2.15. The smallest absolute Gasteiger partial charge is 0.326 e. The Balaban J connectivity index is 4.66. The van der Waals surface area contributed by atoms with Gasteiger partial charge in [0.2, 0.25) is 5.91 Å². The summed E-state index contributed by atoms with van der Waals surface area (Å²) in [6.45, 7) is 3.77. The maximum Gasteiger partial charge on any atom is 0.326 e. The second kappa shape index (κ2) is 7.23. The van der Waals surface area contributed by atoms with Crippen LogP contribution in [-0.4, -0.2) is 46.2 Å². The fourth-order valence-corrected chi connectivity index (χ4v) is 1.43. The van der Waals surface area contributed by atoms with Crippen molar-refractivity contribution in [1.82, 2.24) is 4.90 Å². The fraction of sp³-hybridized carbons (Fsp3) is 0.800. The Kier molecular flexibility index (Phi) is 6.70. The van der Waals surface area contributed by atoms with E-state index < -0.39 is 12.0 Å². The zero-order valence-corrected chi connectivity index (χ0v) is 9.27. The number of rotatable bonds is 7. The molecule has 0 fully saturated rings. The number of amides is 1. The van der Waals surface area contributed by atoms with Crippen molar-refractivity contribution in [3.63, 3.8) is 0 Å². The van der Waals surface area contributed by atoms with Crippen LogP contribution in [0, 0.1) is 0 Å². The number of carbonyl (C=O) groups excluding carboxylic acids is 1. The number of carbonyl (C=O) groups is 2. The molecule has 0 aromatic heterocycles. The Hall–Kier alpha value is -1.10. The van der Waals surface area contributed by atoms with Crippen molar-refractivity contribution in [2.45, 2.75) is 39.2 Å². The molecule has 0 saturated carbocycles. The SMILES string of the molecule is CCCN(C(=O)CC)[C@@H](CCO)C(=O)O. The predicted octanol–water partition coefficient (Wildman–Crippen LogP) is 0.471. The molecule has 0 spiro atoms. The van der Waals surface area contributed by atoms with Crippen LogP contribution in [0.15, 0.2) is 0 Å². The van der Waals surface area contributed by atoms with Gasteiger partial charge in [0, 0.05) is 26.0 Å². The molecule has 0 unspecified atom stereocenters. The lowest BCUT2D eigenvalue weighted by Crippen LogP contribution is -2.45. The number of aliphatic carboxylic acids is 1. The average Bonchev–Trinajstić information content (AvgIpc) is 2.21. The van der Waals surface area contributed by atoms with Crippen molar-refractivity contribution in [2.75, 3.05) is 13.2 Å². The lowest BCUT2D eigenvalue weighted by Gasteiger charge is -2.28. The van der Waals surface area contributed by atoms with Crippen LogP contribution < -0.4 is 0 Å². The summed E-state index contributed by atoms with van der Waals surface area (Å²) in [5, 5.41) is 17.7. The van der Waals surface area contributed by atoms with E-state index in [-0.39, 0.29) is 25.4 Å². The van der Waals surface area contributed by atoms with Gasteiger partial charge in [-0.2, -0.15) is 0 Å². The minimum absolute atomic E-state index is 0.0844. The normalized spacial score (nSPS) is 12.2. The van der Waals surface area contributed by atoms with Crippen LogP contribution in [0.25, 0.3) is 0 Å². The number of aliphatic hydroxyl groups excluding tert-OH is 1. The molecular weight excluding hydrogens is 198 g/mol. The highest BCUT2D eigenvalue weighted by Gasteiger charge is 2.27. The molecule has 0 saturated heterocycles. The van der Waals surface area contributed by atoms with Gasteiger partial charge in [-0.25, -0.2) is 4.79 Å². The monoisotopic (exact) mass is 217 g/mol. The Morgan fingerprint density at radius 3 is 2.27 bits per heavy atom. The van der Waals surface area contributed by atoms with Crippen molar-refractivity contribution < 1.29 is 19.8 Å². The molecule has 0 aromatic rings. The molecule has 0 rings (SSSR count). The van der Waals surface area contributed by atoms with Gasteiger partial charge in [-0.3, -0.25) is 4.79 Å². The molecule has 0 heterocycles. The second-order valence-corrected chi connectivity index (χ2v) is 3.31. The first-order valence-corrected chi connectivity index (χ1v) is 5.21. The zero-order chi connectivity index (χ0) is 11.8. The predicted molar refractivity (Wildman–Crippen MR) is 55.4 cm³/mol. The number of carboxylic acid groups (broad SMARTS) is 1. The number of nitrogens with zero attached hydrogens (tertiary/aromatic N) is 1. The first kappa shape index (κ1) is 13.9. The minimum Gasteiger partial charge on any atom is -0.480 e. The number of hydrogen-bond donors (Lipinski definition) is 2. The maximum atomic E-state index is 11.5. The van der Waals surface area contributed by atoms with Crippen LogP contribution in [0.5, 0.6) is 0 Å². The van der Waals surface area contributed by atoms with E-state index in [2.05, 4.69) is 0 Å². The quantitative estimate of drug-likeness (QED) is 0.650. The van der Waals surface area contributed by atoms with Gasteiger partial charge in [0.15, 0.2) is 0 Å². The summed E-state index contributed by atoms with van der Waals surface area (Å²) < 4.78 is 0. The third kappa shape index (κ3) is 4.29. The first-order valence-electron chi connectivity index (χ1n) is 5.21. The molecule has 0 bridgehead atoms. The van der Waals surface area contributed by atoms with E-state index in [1.165, 1.54) is 4.90 Å². The summed E-state index contributed by atoms with van der Waals surface area (Å²) in [4.78, 5) is 23.8. The maximum absolute atomic E-state index is 11.5. The zero-order valence-electron chi connectivity index (χ0n) is 9.27. The molecule has 15 heavy (non-hydrogen) atoms. The van der Waals surface area contributed by atoms with Gasteiger partial charge in [0.1, 0.15) is 6.04 Å². The van der Waals surface area contributed by atoms with Crippen LogP contribution in [0.4, 0.5) is 0 Å². The van der Waals surface area contributed by atoms with Gasteiger partial charge in [-0.05, 0) is 6.42 Å². The van der Waals surface area contributed by atoms with Crippen molar-refractivity contribution in [1.29, 1.82) is 0 Å².